The van der Waals surface area contributed by atoms with E-state index in [1.54, 1.807) is 43.3 Å². The molecule has 0 amide bonds. The number of hydrogen-bond acceptors (Lipinski definition) is 2. The molecule has 0 aliphatic carbocycles. The van der Waals surface area contributed by atoms with Crippen molar-refractivity contribution in [2.45, 2.75) is 11.8 Å². The first kappa shape index (κ1) is 16.9. The number of nitrogens with one attached hydrogen (secondary N) is 1. The summed E-state index contributed by atoms with van der Waals surface area (Å²) in [5.74, 6) is 5.61. The summed E-state index contributed by atoms with van der Waals surface area (Å²) in [5, 5.41) is 0.995. The molecule has 0 aliphatic heterocycles. The van der Waals surface area contributed by atoms with Crippen molar-refractivity contribution in [2.75, 3.05) is 6.54 Å². The van der Waals surface area contributed by atoms with Gasteiger partial charge in [-0.05, 0) is 42.8 Å². The van der Waals surface area contributed by atoms with Gasteiger partial charge in [-0.2, -0.15) is 4.72 Å². The third kappa shape index (κ3) is 4.25. The fourth-order valence-electron chi connectivity index (χ4n) is 1.80. The van der Waals surface area contributed by atoms with Gasteiger partial charge in [-0.25, -0.2) is 8.42 Å². The summed E-state index contributed by atoms with van der Waals surface area (Å²) in [6.45, 7) is 1.66. The maximum absolute atomic E-state index is 12.2. The van der Waals surface area contributed by atoms with Crippen LogP contribution < -0.4 is 4.72 Å². The van der Waals surface area contributed by atoms with Gasteiger partial charge in [-0.3, -0.25) is 0 Å². The van der Waals surface area contributed by atoms with Crippen LogP contribution in [0.2, 0.25) is 10.0 Å². The lowest BCUT2D eigenvalue weighted by Crippen LogP contribution is -2.24. The number of sulfonamides is 1. The van der Waals surface area contributed by atoms with E-state index in [1.165, 1.54) is 6.07 Å². The van der Waals surface area contributed by atoms with Crippen molar-refractivity contribution in [3.05, 3.63) is 63.6 Å². The molecule has 2 rings (SSSR count). The smallest absolute Gasteiger partial charge is 0.207 e. The Morgan fingerprint density at radius 1 is 1.14 bits per heavy atom. The molecule has 1 N–H and O–H groups in total. The van der Waals surface area contributed by atoms with Crippen LogP contribution in [0.25, 0.3) is 0 Å². The van der Waals surface area contributed by atoms with Crippen molar-refractivity contribution in [1.82, 2.24) is 4.72 Å². The standard InChI is InChI=1S/C16H13Cl2NO2S/c1-12-15(18)8-3-9-16(12)22(20,21)19-10-4-6-13-5-2-7-14(17)11-13/h2-3,5,7-9,11,19H,10H2,1H3. The van der Waals surface area contributed by atoms with Crippen molar-refractivity contribution < 1.29 is 8.42 Å². The lowest BCUT2D eigenvalue weighted by molar-refractivity contribution is 0.585. The summed E-state index contributed by atoms with van der Waals surface area (Å²) in [5.41, 5.74) is 1.24. The van der Waals surface area contributed by atoms with Crippen LogP contribution in [0.15, 0.2) is 47.4 Å². The Labute approximate surface area is 140 Å². The molecule has 114 valence electrons. The predicted octanol–water partition coefficient (Wildman–Crippen LogP) is 3.63. The quantitative estimate of drug-likeness (QED) is 0.856. The van der Waals surface area contributed by atoms with Crippen LogP contribution in [0.1, 0.15) is 11.1 Å². The molecular weight excluding hydrogens is 341 g/mol. The van der Waals surface area contributed by atoms with E-state index in [0.717, 1.165) is 5.56 Å². The lowest BCUT2D eigenvalue weighted by Gasteiger charge is -2.08. The Bertz CT molecular complexity index is 852. The fourth-order valence-corrected chi connectivity index (χ4v) is 3.41. The Morgan fingerprint density at radius 3 is 2.59 bits per heavy atom. The molecule has 22 heavy (non-hydrogen) atoms. The highest BCUT2D eigenvalue weighted by molar-refractivity contribution is 7.89. The minimum absolute atomic E-state index is 0.000794. The first-order valence-electron chi connectivity index (χ1n) is 6.39. The van der Waals surface area contributed by atoms with E-state index >= 15 is 0 Å². The Morgan fingerprint density at radius 2 is 1.86 bits per heavy atom. The van der Waals surface area contributed by atoms with E-state index in [0.29, 0.717) is 15.6 Å². The summed E-state index contributed by atoms with van der Waals surface area (Å²) in [4.78, 5) is 0.157. The molecular formula is C16H13Cl2NO2S. The molecule has 0 saturated heterocycles. The Hall–Kier alpha value is -1.51. The second-order valence-electron chi connectivity index (χ2n) is 4.50. The molecule has 0 aromatic heterocycles. The minimum Gasteiger partial charge on any atom is -0.207 e. The average Bonchev–Trinajstić information content (AvgIpc) is 2.46. The molecule has 0 aliphatic rings. The molecule has 0 heterocycles. The minimum atomic E-state index is -3.64. The fraction of sp³-hybridized carbons (Fsp3) is 0.125. The Kier molecular flexibility index (Phi) is 5.49. The van der Waals surface area contributed by atoms with E-state index in [4.69, 9.17) is 23.2 Å². The summed E-state index contributed by atoms with van der Waals surface area (Å²) in [6.07, 6.45) is 0. The zero-order valence-corrected chi connectivity index (χ0v) is 14.1. The van der Waals surface area contributed by atoms with Crippen LogP contribution in [0, 0.1) is 18.8 Å². The van der Waals surface area contributed by atoms with Gasteiger partial charge < -0.3 is 0 Å². The van der Waals surface area contributed by atoms with Crippen molar-refractivity contribution in [3.8, 4) is 11.8 Å². The first-order chi connectivity index (χ1) is 10.4. The molecule has 0 fully saturated rings. The van der Waals surface area contributed by atoms with Gasteiger partial charge in [-0.15, -0.1) is 0 Å². The highest BCUT2D eigenvalue weighted by atomic mass is 35.5. The van der Waals surface area contributed by atoms with Gasteiger partial charge in [0.05, 0.1) is 11.4 Å². The number of rotatable bonds is 3. The third-order valence-electron chi connectivity index (χ3n) is 2.92. The normalized spacial score (nSPS) is 10.9. The largest absolute Gasteiger partial charge is 0.241 e. The van der Waals surface area contributed by atoms with Crippen molar-refractivity contribution >= 4 is 33.2 Å². The van der Waals surface area contributed by atoms with Gasteiger partial charge in [0.2, 0.25) is 10.0 Å². The number of benzene rings is 2. The highest BCUT2D eigenvalue weighted by Crippen LogP contribution is 2.22. The van der Waals surface area contributed by atoms with E-state index in [-0.39, 0.29) is 11.4 Å². The summed E-state index contributed by atoms with van der Waals surface area (Å²) in [7, 11) is -3.64. The summed E-state index contributed by atoms with van der Waals surface area (Å²) in [6, 6.07) is 11.8. The molecule has 0 radical (unpaired) electrons. The van der Waals surface area contributed by atoms with E-state index < -0.39 is 10.0 Å². The molecule has 0 spiro atoms. The van der Waals surface area contributed by atoms with Crippen LogP contribution in [0.3, 0.4) is 0 Å². The van der Waals surface area contributed by atoms with Gasteiger partial charge >= 0.3 is 0 Å². The highest BCUT2D eigenvalue weighted by Gasteiger charge is 2.16. The van der Waals surface area contributed by atoms with Crippen LogP contribution in [0.4, 0.5) is 0 Å². The van der Waals surface area contributed by atoms with E-state index in [9.17, 15) is 8.42 Å². The van der Waals surface area contributed by atoms with E-state index in [1.807, 2.05) is 0 Å². The molecule has 0 atom stereocenters. The van der Waals surface area contributed by atoms with Crippen LogP contribution in [-0.4, -0.2) is 15.0 Å². The maximum atomic E-state index is 12.2. The predicted molar refractivity (Wildman–Crippen MR) is 89.7 cm³/mol. The summed E-state index contributed by atoms with van der Waals surface area (Å²) < 4.78 is 26.9. The second-order valence-corrected chi connectivity index (χ2v) is 7.08. The van der Waals surface area contributed by atoms with Crippen molar-refractivity contribution in [1.29, 1.82) is 0 Å². The zero-order chi connectivity index (χ0) is 16.2. The lowest BCUT2D eigenvalue weighted by atomic mass is 10.2. The number of hydrogen-bond donors (Lipinski definition) is 1. The zero-order valence-electron chi connectivity index (χ0n) is 11.7. The molecule has 2 aromatic carbocycles. The van der Waals surface area contributed by atoms with Gasteiger partial charge in [-0.1, -0.05) is 47.2 Å². The van der Waals surface area contributed by atoms with Crippen molar-refractivity contribution in [2.24, 2.45) is 0 Å². The topological polar surface area (TPSA) is 46.2 Å². The van der Waals surface area contributed by atoms with Crippen LogP contribution in [-0.2, 0) is 10.0 Å². The molecule has 0 unspecified atom stereocenters. The van der Waals surface area contributed by atoms with Gasteiger partial charge in [0.15, 0.2) is 0 Å². The molecule has 2 aromatic rings. The maximum Gasteiger partial charge on any atom is 0.241 e. The van der Waals surface area contributed by atoms with Gasteiger partial charge in [0, 0.05) is 15.6 Å². The molecule has 3 nitrogen and oxygen atoms in total. The van der Waals surface area contributed by atoms with Crippen LogP contribution >= 0.6 is 23.2 Å². The average molecular weight is 354 g/mol. The van der Waals surface area contributed by atoms with Gasteiger partial charge in [0.25, 0.3) is 0 Å². The number of halogens is 2. The third-order valence-corrected chi connectivity index (χ3v) is 5.11. The Balaban J connectivity index is 2.10. The van der Waals surface area contributed by atoms with E-state index in [2.05, 4.69) is 16.6 Å². The summed E-state index contributed by atoms with van der Waals surface area (Å²) >= 11 is 11.8. The monoisotopic (exact) mass is 353 g/mol. The molecule has 0 bridgehead atoms. The molecule has 0 saturated carbocycles. The first-order valence-corrected chi connectivity index (χ1v) is 8.63. The van der Waals surface area contributed by atoms with Crippen molar-refractivity contribution in [3.63, 3.8) is 0 Å². The van der Waals surface area contributed by atoms with Gasteiger partial charge in [0.1, 0.15) is 0 Å². The second kappa shape index (κ2) is 7.17. The molecule has 6 heteroatoms. The SMILES string of the molecule is Cc1c(Cl)cccc1S(=O)(=O)NCC#Cc1cccc(Cl)c1. The van der Waals surface area contributed by atoms with Crippen LogP contribution in [0.5, 0.6) is 0 Å².